The van der Waals surface area contributed by atoms with E-state index in [1.165, 1.54) is 11.6 Å². The summed E-state index contributed by atoms with van der Waals surface area (Å²) in [5.74, 6) is 1.15. The summed E-state index contributed by atoms with van der Waals surface area (Å²) in [6.45, 7) is 7.56. The number of nitrogens with zero attached hydrogens (tertiary/aromatic N) is 4. The summed E-state index contributed by atoms with van der Waals surface area (Å²) in [5.41, 5.74) is 1.89. The van der Waals surface area contributed by atoms with Crippen molar-refractivity contribution in [3.05, 3.63) is 50.6 Å². The molecule has 0 aliphatic heterocycles. The molecule has 0 saturated heterocycles. The molecule has 8 heteroatoms. The Kier molecular flexibility index (Phi) is 4.20. The van der Waals surface area contributed by atoms with Crippen LogP contribution >= 0.6 is 0 Å². The maximum Gasteiger partial charge on any atom is 0.374 e. The second kappa shape index (κ2) is 6.19. The minimum atomic E-state index is -0.529. The molecule has 8 nitrogen and oxygen atoms in total. The summed E-state index contributed by atoms with van der Waals surface area (Å²) < 4.78 is 13.5. The first-order valence-electron chi connectivity index (χ1n) is 8.00. The van der Waals surface area contributed by atoms with Gasteiger partial charge in [0.1, 0.15) is 11.6 Å². The summed E-state index contributed by atoms with van der Waals surface area (Å²) in [5, 5.41) is 0. The summed E-state index contributed by atoms with van der Waals surface area (Å²) >= 11 is 0. The molecule has 0 radical (unpaired) electrons. The summed E-state index contributed by atoms with van der Waals surface area (Å²) in [4.78, 5) is 33.3. The Hall–Kier alpha value is -2.90. The number of hydrogen-bond donors (Lipinski definition) is 0. The third-order valence-corrected chi connectivity index (χ3v) is 4.22. The minimum Gasteiger partial charge on any atom is -0.463 e. The highest BCUT2D eigenvalue weighted by Gasteiger charge is 2.19. The normalized spacial score (nSPS) is 11.2. The summed E-state index contributed by atoms with van der Waals surface area (Å²) in [7, 11) is 1.30. The molecule has 0 bridgehead atoms. The molecule has 3 aromatic heterocycles. The predicted octanol–water partition coefficient (Wildman–Crippen LogP) is 1.81. The van der Waals surface area contributed by atoms with E-state index in [1.807, 2.05) is 13.8 Å². The molecule has 3 aromatic rings. The van der Waals surface area contributed by atoms with Gasteiger partial charge < -0.3 is 9.15 Å². The fourth-order valence-corrected chi connectivity index (χ4v) is 2.94. The highest BCUT2D eigenvalue weighted by atomic mass is 16.5. The fraction of sp³-hybridized carbons (Fsp3) is 0.412. The van der Waals surface area contributed by atoms with Gasteiger partial charge in [-0.3, -0.25) is 9.48 Å². The van der Waals surface area contributed by atoms with Gasteiger partial charge in [0.15, 0.2) is 0 Å². The molecule has 25 heavy (non-hydrogen) atoms. The Bertz CT molecular complexity index is 1030. The van der Waals surface area contributed by atoms with Crippen LogP contribution in [-0.2, 0) is 17.7 Å². The summed E-state index contributed by atoms with van der Waals surface area (Å²) in [6.07, 6.45) is 0.594. The smallest absolute Gasteiger partial charge is 0.374 e. The first-order chi connectivity index (χ1) is 11.9. The van der Waals surface area contributed by atoms with Crippen LogP contribution < -0.4 is 5.56 Å². The third kappa shape index (κ3) is 2.73. The second-order valence-corrected chi connectivity index (χ2v) is 5.88. The van der Waals surface area contributed by atoms with Crippen LogP contribution in [-0.4, -0.2) is 32.2 Å². The first-order valence-corrected chi connectivity index (χ1v) is 8.00. The van der Waals surface area contributed by atoms with E-state index in [-0.39, 0.29) is 17.9 Å². The van der Waals surface area contributed by atoms with Gasteiger partial charge in [0, 0.05) is 11.1 Å². The van der Waals surface area contributed by atoms with Gasteiger partial charge in [0.05, 0.1) is 19.3 Å². The van der Waals surface area contributed by atoms with Crippen molar-refractivity contribution >= 4 is 11.7 Å². The number of esters is 1. The first kappa shape index (κ1) is 16.9. The molecule has 3 heterocycles. The van der Waals surface area contributed by atoms with Crippen LogP contribution in [0.25, 0.3) is 5.78 Å². The molecule has 0 amide bonds. The monoisotopic (exact) mass is 344 g/mol. The van der Waals surface area contributed by atoms with E-state index in [2.05, 4.69) is 9.97 Å². The molecule has 0 aromatic carbocycles. The Labute approximate surface area is 144 Å². The molecule has 0 N–H and O–H groups in total. The van der Waals surface area contributed by atoms with Crippen LogP contribution in [0.4, 0.5) is 0 Å². The van der Waals surface area contributed by atoms with Crippen molar-refractivity contribution in [1.82, 2.24) is 19.2 Å². The number of carbonyl (C=O) groups is 1. The molecule has 0 atom stereocenters. The van der Waals surface area contributed by atoms with E-state index < -0.39 is 5.97 Å². The minimum absolute atomic E-state index is 0.137. The van der Waals surface area contributed by atoms with Crippen LogP contribution in [0.3, 0.4) is 0 Å². The van der Waals surface area contributed by atoms with Crippen molar-refractivity contribution in [2.45, 2.75) is 40.7 Å². The van der Waals surface area contributed by atoms with Crippen molar-refractivity contribution in [3.8, 4) is 0 Å². The van der Waals surface area contributed by atoms with E-state index in [0.717, 1.165) is 0 Å². The van der Waals surface area contributed by atoms with Crippen molar-refractivity contribution in [2.24, 2.45) is 0 Å². The lowest BCUT2D eigenvalue weighted by Crippen LogP contribution is -2.26. The lowest BCUT2D eigenvalue weighted by atomic mass is 10.2. The largest absolute Gasteiger partial charge is 0.463 e. The van der Waals surface area contributed by atoms with Crippen molar-refractivity contribution in [2.75, 3.05) is 7.11 Å². The lowest BCUT2D eigenvalue weighted by Gasteiger charge is -2.07. The molecule has 0 aliphatic carbocycles. The number of aromatic nitrogens is 4. The zero-order valence-electron chi connectivity index (χ0n) is 14.9. The Morgan fingerprint density at radius 1 is 1.28 bits per heavy atom. The van der Waals surface area contributed by atoms with Gasteiger partial charge in [0.25, 0.3) is 11.3 Å². The van der Waals surface area contributed by atoms with Gasteiger partial charge in [-0.15, -0.1) is 0 Å². The van der Waals surface area contributed by atoms with Crippen LogP contribution in [0.2, 0.25) is 0 Å². The van der Waals surface area contributed by atoms with Gasteiger partial charge in [0.2, 0.25) is 5.76 Å². The molecule has 0 fully saturated rings. The maximum atomic E-state index is 12.8. The van der Waals surface area contributed by atoms with E-state index in [4.69, 9.17) is 9.15 Å². The number of carbonyl (C=O) groups excluding carboxylic acids is 1. The van der Waals surface area contributed by atoms with Gasteiger partial charge >= 0.3 is 5.97 Å². The van der Waals surface area contributed by atoms with E-state index in [0.29, 0.717) is 40.6 Å². The highest BCUT2D eigenvalue weighted by molar-refractivity contribution is 5.87. The van der Waals surface area contributed by atoms with Crippen LogP contribution in [0.5, 0.6) is 0 Å². The number of rotatable bonds is 4. The van der Waals surface area contributed by atoms with Gasteiger partial charge in [-0.25, -0.2) is 9.78 Å². The van der Waals surface area contributed by atoms with Crippen LogP contribution in [0.15, 0.2) is 15.3 Å². The van der Waals surface area contributed by atoms with Gasteiger partial charge in [-0.2, -0.15) is 9.50 Å². The number of methoxy groups -OCH3 is 1. The van der Waals surface area contributed by atoms with Gasteiger partial charge in [-0.05, 0) is 33.3 Å². The zero-order chi connectivity index (χ0) is 18.3. The average molecular weight is 344 g/mol. The number of hydrogen-bond acceptors (Lipinski definition) is 6. The van der Waals surface area contributed by atoms with Crippen LogP contribution in [0, 0.1) is 20.8 Å². The average Bonchev–Trinajstić information content (AvgIpc) is 3.07. The molecule has 0 aliphatic rings. The van der Waals surface area contributed by atoms with E-state index in [9.17, 15) is 9.59 Å². The molecule has 0 unspecified atom stereocenters. The molecular weight excluding hydrogens is 324 g/mol. The zero-order valence-corrected chi connectivity index (χ0v) is 14.9. The Balaban J connectivity index is 2.12. The second-order valence-electron chi connectivity index (χ2n) is 5.88. The molecule has 3 rings (SSSR count). The summed E-state index contributed by atoms with van der Waals surface area (Å²) in [6, 6.07) is 1.75. The van der Waals surface area contributed by atoms with Crippen molar-refractivity contribution in [3.63, 3.8) is 0 Å². The quantitative estimate of drug-likeness (QED) is 0.670. The standard InChI is InChI=1S/C17H20N4O4/c1-6-13-10(3)18-17-19-11(4)20(21(17)15(13)22)8-12-7-9(2)14(25-12)16(23)24-5/h7H,6,8H2,1-5H3. The lowest BCUT2D eigenvalue weighted by molar-refractivity contribution is 0.0561. The number of fused-ring (bicyclic) bond motifs is 1. The van der Waals surface area contributed by atoms with E-state index in [1.54, 1.807) is 24.6 Å². The molecule has 0 saturated carbocycles. The fourth-order valence-electron chi connectivity index (χ4n) is 2.94. The number of aryl methyl sites for hydroxylation is 3. The van der Waals surface area contributed by atoms with Crippen LogP contribution in [0.1, 0.15) is 45.9 Å². The number of ether oxygens (including phenoxy) is 1. The van der Waals surface area contributed by atoms with Crippen molar-refractivity contribution in [1.29, 1.82) is 0 Å². The highest BCUT2D eigenvalue weighted by Crippen LogP contribution is 2.17. The maximum absolute atomic E-state index is 12.8. The third-order valence-electron chi connectivity index (χ3n) is 4.22. The van der Waals surface area contributed by atoms with Crippen molar-refractivity contribution < 1.29 is 13.9 Å². The Morgan fingerprint density at radius 2 is 2.00 bits per heavy atom. The number of furan rings is 1. The van der Waals surface area contributed by atoms with E-state index >= 15 is 0 Å². The molecule has 132 valence electrons. The topological polar surface area (TPSA) is 91.6 Å². The Morgan fingerprint density at radius 3 is 2.64 bits per heavy atom. The predicted molar refractivity (Wildman–Crippen MR) is 90.0 cm³/mol. The molecular formula is C17H20N4O4. The van der Waals surface area contributed by atoms with Gasteiger partial charge in [-0.1, -0.05) is 6.92 Å². The molecule has 0 spiro atoms. The SMILES string of the molecule is CCc1c(C)nc2nc(C)n(Cc3cc(C)c(C(=O)OC)o3)n2c1=O.